The number of carboxylic acid groups (broad SMARTS) is 1. The van der Waals surface area contributed by atoms with E-state index in [-0.39, 0.29) is 5.56 Å². The van der Waals surface area contributed by atoms with Crippen molar-refractivity contribution >= 4 is 5.97 Å². The van der Waals surface area contributed by atoms with E-state index >= 15 is 0 Å². The highest BCUT2D eigenvalue weighted by Gasteiger charge is 2.24. The Hall–Kier alpha value is -1.33. The van der Waals surface area contributed by atoms with Crippen molar-refractivity contribution in [3.63, 3.8) is 0 Å². The van der Waals surface area contributed by atoms with Gasteiger partial charge in [-0.1, -0.05) is 0 Å². The van der Waals surface area contributed by atoms with E-state index < -0.39 is 12.3 Å². The number of aryl methyl sites for hydroxylation is 1. The van der Waals surface area contributed by atoms with Crippen molar-refractivity contribution in [1.82, 2.24) is 0 Å². The summed E-state index contributed by atoms with van der Waals surface area (Å²) in [7, 11) is 0. The molecule has 0 spiro atoms. The summed E-state index contributed by atoms with van der Waals surface area (Å²) in [5, 5.41) is 8.78. The maximum Gasteiger partial charge on any atom is 0.339 e. The number of carboxylic acids is 1. The highest BCUT2D eigenvalue weighted by molar-refractivity contribution is 5.88. The second kappa shape index (κ2) is 3.43. The van der Waals surface area contributed by atoms with E-state index in [1.54, 1.807) is 6.92 Å². The first-order valence-electron chi connectivity index (χ1n) is 4.25. The monoisotopic (exact) mass is 198 g/mol. The third-order valence-corrected chi connectivity index (χ3v) is 2.02. The van der Waals surface area contributed by atoms with Gasteiger partial charge in [-0.05, 0) is 13.0 Å². The second-order valence-electron chi connectivity index (χ2n) is 3.00. The van der Waals surface area contributed by atoms with Crippen molar-refractivity contribution in [2.24, 2.45) is 0 Å². The fourth-order valence-corrected chi connectivity index (χ4v) is 1.36. The average molecular weight is 198 g/mol. The Balaban J connectivity index is 2.27. The van der Waals surface area contributed by atoms with Crippen LogP contribution in [-0.4, -0.2) is 24.3 Å². The summed E-state index contributed by atoms with van der Waals surface area (Å²) in [6.45, 7) is 2.61. The van der Waals surface area contributed by atoms with Crippen LogP contribution in [0.4, 0.5) is 0 Å². The van der Waals surface area contributed by atoms with Crippen LogP contribution in [0.3, 0.4) is 0 Å². The van der Waals surface area contributed by atoms with E-state index in [0.717, 1.165) is 0 Å². The largest absolute Gasteiger partial charge is 0.478 e. The van der Waals surface area contributed by atoms with Crippen molar-refractivity contribution in [1.29, 1.82) is 0 Å². The molecule has 0 radical (unpaired) electrons. The van der Waals surface area contributed by atoms with Gasteiger partial charge in [0.25, 0.3) is 0 Å². The van der Waals surface area contributed by atoms with E-state index in [1.807, 2.05) is 0 Å². The van der Waals surface area contributed by atoms with Crippen LogP contribution in [0, 0.1) is 6.92 Å². The van der Waals surface area contributed by atoms with E-state index in [2.05, 4.69) is 0 Å². The standard InChI is InChI=1S/C9H10O5/c1-5-6(8(10)11)4-7(14-5)9-12-2-3-13-9/h4,9H,2-3H2,1H3,(H,10,11). The van der Waals surface area contributed by atoms with E-state index in [9.17, 15) is 4.79 Å². The summed E-state index contributed by atoms with van der Waals surface area (Å²) in [6, 6.07) is 1.44. The lowest BCUT2D eigenvalue weighted by Crippen LogP contribution is -1.97. The number of rotatable bonds is 2. The lowest BCUT2D eigenvalue weighted by Gasteiger charge is -2.03. The number of aromatic carboxylic acids is 1. The summed E-state index contributed by atoms with van der Waals surface area (Å²) in [4.78, 5) is 10.7. The van der Waals surface area contributed by atoms with Crippen molar-refractivity contribution < 1.29 is 23.8 Å². The third-order valence-electron chi connectivity index (χ3n) is 2.02. The number of furan rings is 1. The molecule has 0 bridgehead atoms. The summed E-state index contributed by atoms with van der Waals surface area (Å²) in [6.07, 6.45) is -0.554. The van der Waals surface area contributed by atoms with Crippen LogP contribution in [0.1, 0.15) is 28.2 Å². The SMILES string of the molecule is Cc1oc(C2OCCO2)cc1C(=O)O. The van der Waals surface area contributed by atoms with Crippen LogP contribution < -0.4 is 0 Å². The van der Waals surface area contributed by atoms with Gasteiger partial charge in [0.2, 0.25) is 6.29 Å². The molecule has 1 aliphatic rings. The van der Waals surface area contributed by atoms with Gasteiger partial charge in [-0.2, -0.15) is 0 Å². The molecule has 2 rings (SSSR count). The smallest absolute Gasteiger partial charge is 0.339 e. The van der Waals surface area contributed by atoms with E-state index in [0.29, 0.717) is 24.7 Å². The van der Waals surface area contributed by atoms with Crippen LogP contribution in [0.15, 0.2) is 10.5 Å². The van der Waals surface area contributed by atoms with Gasteiger partial charge in [-0.15, -0.1) is 0 Å². The molecule has 0 unspecified atom stereocenters. The first-order valence-corrected chi connectivity index (χ1v) is 4.25. The van der Waals surface area contributed by atoms with Crippen molar-refractivity contribution in [3.8, 4) is 0 Å². The predicted molar refractivity (Wildman–Crippen MR) is 45.0 cm³/mol. The molecule has 0 aliphatic carbocycles. The number of ether oxygens (including phenoxy) is 2. The lowest BCUT2D eigenvalue weighted by atomic mass is 10.2. The third kappa shape index (κ3) is 1.51. The molecular weight excluding hydrogens is 188 g/mol. The molecule has 14 heavy (non-hydrogen) atoms. The first-order chi connectivity index (χ1) is 6.68. The average Bonchev–Trinajstić information content (AvgIpc) is 2.70. The minimum absolute atomic E-state index is 0.152. The summed E-state index contributed by atoms with van der Waals surface area (Å²) >= 11 is 0. The molecule has 2 heterocycles. The Morgan fingerprint density at radius 2 is 2.14 bits per heavy atom. The Labute approximate surface area is 80.2 Å². The van der Waals surface area contributed by atoms with Crippen LogP contribution >= 0.6 is 0 Å². The highest BCUT2D eigenvalue weighted by Crippen LogP contribution is 2.27. The van der Waals surface area contributed by atoms with Crippen LogP contribution in [0.2, 0.25) is 0 Å². The van der Waals surface area contributed by atoms with Crippen molar-refractivity contribution in [2.75, 3.05) is 13.2 Å². The summed E-state index contributed by atoms with van der Waals surface area (Å²) in [5.41, 5.74) is 0.152. The molecule has 1 N–H and O–H groups in total. The van der Waals surface area contributed by atoms with Gasteiger partial charge in [0.15, 0.2) is 5.76 Å². The molecule has 0 amide bonds. The molecule has 1 aliphatic heterocycles. The molecule has 0 aromatic carbocycles. The molecule has 1 saturated heterocycles. The molecule has 5 nitrogen and oxygen atoms in total. The summed E-state index contributed by atoms with van der Waals surface area (Å²) < 4.78 is 15.6. The Morgan fingerprint density at radius 1 is 1.50 bits per heavy atom. The normalized spacial score (nSPS) is 17.5. The number of carbonyl (C=O) groups is 1. The molecule has 1 aromatic rings. The molecule has 0 atom stereocenters. The van der Waals surface area contributed by atoms with Crippen LogP contribution in [0.25, 0.3) is 0 Å². The van der Waals surface area contributed by atoms with E-state index in [1.165, 1.54) is 6.07 Å². The minimum atomic E-state index is -1.00. The zero-order chi connectivity index (χ0) is 10.1. The number of hydrogen-bond acceptors (Lipinski definition) is 4. The zero-order valence-corrected chi connectivity index (χ0v) is 7.65. The predicted octanol–water partition coefficient (Wildman–Crippen LogP) is 1.33. The van der Waals surface area contributed by atoms with Gasteiger partial charge in [0, 0.05) is 0 Å². The zero-order valence-electron chi connectivity index (χ0n) is 7.65. The fraction of sp³-hybridized carbons (Fsp3) is 0.444. The Kier molecular flexibility index (Phi) is 2.26. The maximum absolute atomic E-state index is 10.7. The highest BCUT2D eigenvalue weighted by atomic mass is 16.7. The Morgan fingerprint density at radius 3 is 2.64 bits per heavy atom. The van der Waals surface area contributed by atoms with Crippen molar-refractivity contribution in [2.45, 2.75) is 13.2 Å². The molecule has 0 saturated carbocycles. The quantitative estimate of drug-likeness (QED) is 0.776. The second-order valence-corrected chi connectivity index (χ2v) is 3.00. The molecule has 1 fully saturated rings. The minimum Gasteiger partial charge on any atom is -0.478 e. The summed E-state index contributed by atoms with van der Waals surface area (Å²) in [5.74, 6) is -0.223. The van der Waals surface area contributed by atoms with E-state index in [4.69, 9.17) is 19.0 Å². The van der Waals surface area contributed by atoms with Crippen LogP contribution in [0.5, 0.6) is 0 Å². The van der Waals surface area contributed by atoms with Gasteiger partial charge in [-0.25, -0.2) is 4.79 Å². The first kappa shape index (κ1) is 9.23. The van der Waals surface area contributed by atoms with Gasteiger partial charge in [-0.3, -0.25) is 0 Å². The molecule has 5 heteroatoms. The topological polar surface area (TPSA) is 68.9 Å². The van der Waals surface area contributed by atoms with Gasteiger partial charge in [0.1, 0.15) is 11.3 Å². The van der Waals surface area contributed by atoms with Crippen LogP contribution in [-0.2, 0) is 9.47 Å². The van der Waals surface area contributed by atoms with Gasteiger partial charge >= 0.3 is 5.97 Å². The van der Waals surface area contributed by atoms with Crippen molar-refractivity contribution in [3.05, 3.63) is 23.2 Å². The number of hydrogen-bond donors (Lipinski definition) is 1. The molecular formula is C9H10O5. The molecule has 1 aromatic heterocycles. The fourth-order valence-electron chi connectivity index (χ4n) is 1.36. The Bertz CT molecular complexity index is 348. The van der Waals surface area contributed by atoms with Gasteiger partial charge in [0.05, 0.1) is 13.2 Å². The molecule has 76 valence electrons. The maximum atomic E-state index is 10.7. The van der Waals surface area contributed by atoms with Gasteiger partial charge < -0.3 is 19.0 Å². The lowest BCUT2D eigenvalue weighted by molar-refractivity contribution is -0.0592.